The van der Waals surface area contributed by atoms with Crippen LogP contribution in [-0.2, 0) is 0 Å². The Morgan fingerprint density at radius 2 is 1.91 bits per heavy atom. The number of ether oxygens (including phenoxy) is 1. The maximum absolute atomic E-state index is 13.9. The first-order chi connectivity index (χ1) is 16.6. The van der Waals surface area contributed by atoms with Crippen LogP contribution in [-0.4, -0.2) is 29.7 Å². The molecule has 4 nitrogen and oxygen atoms in total. The Morgan fingerprint density at radius 1 is 1.12 bits per heavy atom. The highest BCUT2D eigenvalue weighted by molar-refractivity contribution is 7.97. The van der Waals surface area contributed by atoms with Gasteiger partial charge in [-0.15, -0.1) is 0 Å². The van der Waals surface area contributed by atoms with Crippen LogP contribution in [0.15, 0.2) is 48.0 Å². The summed E-state index contributed by atoms with van der Waals surface area (Å²) in [5.41, 5.74) is 5.63. The van der Waals surface area contributed by atoms with E-state index in [1.54, 1.807) is 18.0 Å². The van der Waals surface area contributed by atoms with Gasteiger partial charge >= 0.3 is 0 Å². The second kappa shape index (κ2) is 11.9. The summed E-state index contributed by atoms with van der Waals surface area (Å²) in [5.74, 6) is 1.17. The van der Waals surface area contributed by atoms with E-state index in [1.807, 2.05) is 36.1 Å². The number of unbranched alkanes of at least 4 members (excludes halogenated alkanes) is 2. The quantitative estimate of drug-likeness (QED) is 0.258. The van der Waals surface area contributed by atoms with Crippen molar-refractivity contribution in [2.24, 2.45) is 0 Å². The molecular weight excluding hydrogens is 447 g/mol. The highest BCUT2D eigenvalue weighted by Gasteiger charge is 2.34. The van der Waals surface area contributed by atoms with Gasteiger partial charge in [-0.25, -0.2) is 4.39 Å². The van der Waals surface area contributed by atoms with E-state index >= 15 is 0 Å². The number of hydrogen-bond donors (Lipinski definition) is 1. The van der Waals surface area contributed by atoms with Gasteiger partial charge in [-0.1, -0.05) is 49.6 Å². The number of rotatable bonds is 12. The molecular formula is C28H35FN2O2S. The van der Waals surface area contributed by atoms with Crippen LogP contribution in [0, 0.1) is 5.82 Å². The van der Waals surface area contributed by atoms with E-state index in [-0.39, 0.29) is 17.8 Å². The summed E-state index contributed by atoms with van der Waals surface area (Å²) in [6, 6.07) is 13.2. The standard InChI is InChI=1S/C28H35FN2O2S/c1-3-17-33-26-19-22(14-15-25(26)29)20(2)30-34-18-8-4-7-16-31-27(21-10-9-11-21)23-12-5-6-13-24(23)28(31)32/h5-6,12-15,19-20,30H,3-4,7-11,16-18H2,1-2H3/t20-/m0/s1. The Hall–Kier alpha value is -2.31. The lowest BCUT2D eigenvalue weighted by atomic mass is 9.88. The molecule has 1 N–H and O–H groups in total. The van der Waals surface area contributed by atoms with Gasteiger partial charge in [0, 0.05) is 29.5 Å². The highest BCUT2D eigenvalue weighted by Crippen LogP contribution is 2.41. The molecule has 0 aromatic heterocycles. The van der Waals surface area contributed by atoms with Crippen LogP contribution in [0.25, 0.3) is 5.70 Å². The molecule has 0 spiro atoms. The number of carbonyl (C=O) groups excluding carboxylic acids is 1. The molecule has 1 heterocycles. The molecule has 182 valence electrons. The normalized spacial score (nSPS) is 16.0. The van der Waals surface area contributed by atoms with E-state index in [2.05, 4.69) is 17.7 Å². The van der Waals surface area contributed by atoms with Gasteiger partial charge in [-0.05, 0) is 74.8 Å². The van der Waals surface area contributed by atoms with Gasteiger partial charge in [-0.3, -0.25) is 9.52 Å². The maximum Gasteiger partial charge on any atom is 0.258 e. The third kappa shape index (κ3) is 5.66. The third-order valence-corrected chi connectivity index (χ3v) is 7.54. The molecule has 1 aliphatic carbocycles. The van der Waals surface area contributed by atoms with Crippen LogP contribution in [0.5, 0.6) is 5.75 Å². The summed E-state index contributed by atoms with van der Waals surface area (Å²) in [6.07, 6.45) is 7.49. The fraction of sp³-hybridized carbons (Fsp3) is 0.464. The first-order valence-corrected chi connectivity index (χ1v) is 13.5. The zero-order valence-electron chi connectivity index (χ0n) is 20.2. The van der Waals surface area contributed by atoms with E-state index in [1.165, 1.54) is 23.8 Å². The average molecular weight is 483 g/mol. The Labute approximate surface area is 207 Å². The number of nitrogens with one attached hydrogen (secondary N) is 1. The van der Waals surface area contributed by atoms with Gasteiger partial charge in [0.1, 0.15) is 0 Å². The number of benzene rings is 2. The molecule has 1 fully saturated rings. The lowest BCUT2D eigenvalue weighted by Gasteiger charge is -2.26. The van der Waals surface area contributed by atoms with Crippen molar-refractivity contribution < 1.29 is 13.9 Å². The SMILES string of the molecule is CCCOc1cc([C@H](C)NSCCCCCN2C(=O)c3ccccc3C2=C2CCC2)ccc1F. The minimum Gasteiger partial charge on any atom is -0.491 e. The molecule has 4 rings (SSSR count). The van der Waals surface area contributed by atoms with Crippen molar-refractivity contribution in [1.29, 1.82) is 0 Å². The predicted molar refractivity (Wildman–Crippen MR) is 138 cm³/mol. The van der Waals surface area contributed by atoms with Crippen LogP contribution < -0.4 is 9.46 Å². The largest absolute Gasteiger partial charge is 0.491 e. The number of carbonyl (C=O) groups is 1. The lowest BCUT2D eigenvalue weighted by molar-refractivity contribution is 0.0847. The van der Waals surface area contributed by atoms with Gasteiger partial charge in [0.25, 0.3) is 5.91 Å². The molecule has 1 saturated carbocycles. The summed E-state index contributed by atoms with van der Waals surface area (Å²) < 4.78 is 22.9. The summed E-state index contributed by atoms with van der Waals surface area (Å²) in [6.45, 7) is 5.40. The molecule has 0 unspecified atom stereocenters. The Balaban J connectivity index is 1.19. The smallest absolute Gasteiger partial charge is 0.258 e. The fourth-order valence-corrected chi connectivity index (χ4v) is 5.29. The number of amides is 1. The number of hydrogen-bond acceptors (Lipinski definition) is 4. The van der Waals surface area contributed by atoms with Crippen molar-refractivity contribution in [1.82, 2.24) is 9.62 Å². The molecule has 2 aromatic carbocycles. The van der Waals surface area contributed by atoms with E-state index in [4.69, 9.17) is 4.74 Å². The second-order valence-electron chi connectivity index (χ2n) is 9.10. The number of fused-ring (bicyclic) bond motifs is 1. The maximum atomic E-state index is 13.9. The third-order valence-electron chi connectivity index (χ3n) is 6.52. The van der Waals surface area contributed by atoms with Gasteiger partial charge in [0.2, 0.25) is 0 Å². The van der Waals surface area contributed by atoms with Gasteiger partial charge in [0.05, 0.1) is 12.3 Å². The second-order valence-corrected chi connectivity index (χ2v) is 10.0. The van der Waals surface area contributed by atoms with E-state index in [9.17, 15) is 9.18 Å². The topological polar surface area (TPSA) is 41.6 Å². The Bertz CT molecular complexity index is 1030. The zero-order valence-corrected chi connectivity index (χ0v) is 21.1. The number of halogens is 1. The molecule has 1 amide bonds. The van der Waals surface area contributed by atoms with Crippen molar-refractivity contribution >= 4 is 23.6 Å². The zero-order chi connectivity index (χ0) is 23.9. The first-order valence-electron chi connectivity index (χ1n) is 12.5. The van der Waals surface area contributed by atoms with Crippen molar-refractivity contribution in [3.8, 4) is 5.75 Å². The van der Waals surface area contributed by atoms with Crippen LogP contribution in [0.2, 0.25) is 0 Å². The van der Waals surface area contributed by atoms with Crippen LogP contribution >= 0.6 is 11.9 Å². The van der Waals surface area contributed by atoms with Crippen molar-refractivity contribution in [3.63, 3.8) is 0 Å². The molecule has 1 atom stereocenters. The molecule has 6 heteroatoms. The van der Waals surface area contributed by atoms with E-state index < -0.39 is 0 Å². The summed E-state index contributed by atoms with van der Waals surface area (Å²) in [4.78, 5) is 15.0. The lowest BCUT2D eigenvalue weighted by Crippen LogP contribution is -2.26. The minimum absolute atomic E-state index is 0.104. The average Bonchev–Trinajstić information content (AvgIpc) is 3.08. The Morgan fingerprint density at radius 3 is 2.65 bits per heavy atom. The molecule has 2 aliphatic rings. The van der Waals surface area contributed by atoms with Crippen molar-refractivity contribution in [2.45, 2.75) is 64.8 Å². The first kappa shape index (κ1) is 24.8. The minimum atomic E-state index is -0.312. The van der Waals surface area contributed by atoms with Crippen LogP contribution in [0.1, 0.15) is 86.3 Å². The molecule has 2 aromatic rings. The highest BCUT2D eigenvalue weighted by atomic mass is 32.2. The van der Waals surface area contributed by atoms with E-state index in [0.29, 0.717) is 12.4 Å². The molecule has 0 radical (unpaired) electrons. The van der Waals surface area contributed by atoms with Crippen molar-refractivity contribution in [3.05, 3.63) is 70.5 Å². The van der Waals surface area contributed by atoms with Gasteiger partial charge in [0.15, 0.2) is 11.6 Å². The number of allylic oxidation sites excluding steroid dienone is 1. The van der Waals surface area contributed by atoms with Crippen molar-refractivity contribution in [2.75, 3.05) is 18.9 Å². The van der Waals surface area contributed by atoms with Gasteiger partial charge in [-0.2, -0.15) is 0 Å². The summed E-state index contributed by atoms with van der Waals surface area (Å²) in [7, 11) is 0. The summed E-state index contributed by atoms with van der Waals surface area (Å²) in [5, 5.41) is 0. The van der Waals surface area contributed by atoms with E-state index in [0.717, 1.165) is 67.5 Å². The molecule has 34 heavy (non-hydrogen) atoms. The molecule has 0 saturated heterocycles. The molecule has 0 bridgehead atoms. The van der Waals surface area contributed by atoms with Gasteiger partial charge < -0.3 is 9.64 Å². The van der Waals surface area contributed by atoms with Crippen LogP contribution in [0.4, 0.5) is 4.39 Å². The van der Waals surface area contributed by atoms with Crippen LogP contribution in [0.3, 0.4) is 0 Å². The fourth-order valence-electron chi connectivity index (χ4n) is 4.44. The predicted octanol–water partition coefficient (Wildman–Crippen LogP) is 7.13. The monoisotopic (exact) mass is 482 g/mol. The Kier molecular flexibility index (Phi) is 8.68. The molecule has 1 aliphatic heterocycles. The number of nitrogens with zero attached hydrogens (tertiary/aromatic N) is 1. The summed E-state index contributed by atoms with van der Waals surface area (Å²) >= 11 is 1.70.